The van der Waals surface area contributed by atoms with Crippen LogP contribution in [-0.4, -0.2) is 24.4 Å². The summed E-state index contributed by atoms with van der Waals surface area (Å²) in [6.07, 6.45) is 0. The lowest BCUT2D eigenvalue weighted by Crippen LogP contribution is -2.37. The first-order valence-electron chi connectivity index (χ1n) is 7.66. The molecule has 0 aliphatic rings. The molecule has 0 bridgehead atoms. The second-order valence-corrected chi connectivity index (χ2v) is 7.66. The summed E-state index contributed by atoms with van der Waals surface area (Å²) in [6, 6.07) is 12.5. The average molecular weight is 359 g/mol. The highest BCUT2D eigenvalue weighted by molar-refractivity contribution is 7.92. The molecule has 0 atom stereocenters. The molecule has 0 unspecified atom stereocenters. The van der Waals surface area contributed by atoms with Crippen LogP contribution in [0.3, 0.4) is 0 Å². The van der Waals surface area contributed by atoms with Crippen molar-refractivity contribution in [3.05, 3.63) is 69.4 Å². The first kappa shape index (κ1) is 17.0. The molecule has 0 fully saturated rings. The van der Waals surface area contributed by atoms with E-state index < -0.39 is 21.3 Å². The quantitative estimate of drug-likeness (QED) is 0.741. The largest absolute Gasteiger partial charge is 0.326 e. The molecule has 8 heteroatoms. The summed E-state index contributed by atoms with van der Waals surface area (Å²) < 4.78 is 27.6. The minimum atomic E-state index is -3.88. The average Bonchev–Trinajstić information content (AvgIpc) is 2.54. The number of hydrogen-bond acceptors (Lipinski definition) is 4. The number of para-hydroxylation sites is 1. The van der Waals surface area contributed by atoms with Crippen molar-refractivity contribution in [1.82, 2.24) is 9.97 Å². The van der Waals surface area contributed by atoms with Crippen molar-refractivity contribution in [3.8, 4) is 0 Å². The number of benzene rings is 2. The van der Waals surface area contributed by atoms with E-state index >= 15 is 0 Å². The number of anilines is 1. The zero-order chi connectivity index (χ0) is 18.2. The molecule has 25 heavy (non-hydrogen) atoms. The number of aromatic nitrogens is 2. The molecule has 3 rings (SSSR count). The standard InChI is InChI=1S/C17H17N3O4S/c1-11(2)20(12-6-4-3-5-7-12)25(23,24)13-8-9-15-14(10-13)16(21)19-17(22)18-15/h3-11H,1-2H3,(H2,18,19,21,22). The summed E-state index contributed by atoms with van der Waals surface area (Å²) in [5, 5.41) is 0.109. The van der Waals surface area contributed by atoms with Crippen LogP contribution in [0, 0.1) is 0 Å². The van der Waals surface area contributed by atoms with Gasteiger partial charge in [-0.3, -0.25) is 14.1 Å². The molecule has 7 nitrogen and oxygen atoms in total. The summed E-state index contributed by atoms with van der Waals surface area (Å²) in [7, 11) is -3.88. The Hall–Kier alpha value is -2.87. The van der Waals surface area contributed by atoms with E-state index in [1.807, 2.05) is 0 Å². The Kier molecular flexibility index (Phi) is 4.22. The molecule has 130 valence electrons. The van der Waals surface area contributed by atoms with Gasteiger partial charge in [-0.15, -0.1) is 0 Å². The van der Waals surface area contributed by atoms with Crippen molar-refractivity contribution in [2.24, 2.45) is 0 Å². The molecule has 0 amide bonds. The highest BCUT2D eigenvalue weighted by atomic mass is 32.2. The Morgan fingerprint density at radius 2 is 1.64 bits per heavy atom. The molecule has 0 saturated carbocycles. The fourth-order valence-electron chi connectivity index (χ4n) is 2.71. The topological polar surface area (TPSA) is 103 Å². The maximum Gasteiger partial charge on any atom is 0.326 e. The number of H-pyrrole nitrogens is 2. The van der Waals surface area contributed by atoms with Gasteiger partial charge in [-0.25, -0.2) is 13.2 Å². The Bertz CT molecular complexity index is 1130. The Morgan fingerprint density at radius 3 is 2.28 bits per heavy atom. The SMILES string of the molecule is CC(C)N(c1ccccc1)S(=O)(=O)c1ccc2[nH]c(=O)[nH]c(=O)c2c1. The van der Waals surface area contributed by atoms with Crippen LogP contribution >= 0.6 is 0 Å². The molecule has 2 N–H and O–H groups in total. The fraction of sp³-hybridized carbons (Fsp3) is 0.176. The van der Waals surface area contributed by atoms with E-state index in [4.69, 9.17) is 0 Å². The maximum absolute atomic E-state index is 13.1. The number of sulfonamides is 1. The van der Waals surface area contributed by atoms with Crippen molar-refractivity contribution in [1.29, 1.82) is 0 Å². The molecule has 0 aliphatic carbocycles. The highest BCUT2D eigenvalue weighted by Gasteiger charge is 2.27. The van der Waals surface area contributed by atoms with E-state index in [0.29, 0.717) is 5.69 Å². The highest BCUT2D eigenvalue weighted by Crippen LogP contribution is 2.26. The van der Waals surface area contributed by atoms with Gasteiger partial charge in [-0.2, -0.15) is 0 Å². The minimum absolute atomic E-state index is 0.0184. The molecule has 1 aromatic heterocycles. The van der Waals surface area contributed by atoms with Gasteiger partial charge in [-0.05, 0) is 44.2 Å². The molecular formula is C17H17N3O4S. The van der Waals surface area contributed by atoms with Crippen LogP contribution in [0.15, 0.2) is 63.0 Å². The molecule has 0 saturated heterocycles. The number of aromatic amines is 2. The molecule has 2 aromatic carbocycles. The van der Waals surface area contributed by atoms with Gasteiger partial charge >= 0.3 is 5.69 Å². The van der Waals surface area contributed by atoms with E-state index in [1.54, 1.807) is 44.2 Å². The van der Waals surface area contributed by atoms with Gasteiger partial charge in [-0.1, -0.05) is 18.2 Å². The number of nitrogens with zero attached hydrogens (tertiary/aromatic N) is 1. The van der Waals surface area contributed by atoms with Gasteiger partial charge in [0.1, 0.15) is 0 Å². The predicted octanol–water partition coefficient (Wildman–Crippen LogP) is 1.82. The van der Waals surface area contributed by atoms with Crippen molar-refractivity contribution in [2.45, 2.75) is 24.8 Å². The van der Waals surface area contributed by atoms with E-state index in [1.165, 1.54) is 22.5 Å². The number of rotatable bonds is 4. The van der Waals surface area contributed by atoms with Crippen molar-refractivity contribution < 1.29 is 8.42 Å². The van der Waals surface area contributed by atoms with Gasteiger partial charge in [0.25, 0.3) is 15.6 Å². The summed E-state index contributed by atoms with van der Waals surface area (Å²) >= 11 is 0. The third-order valence-corrected chi connectivity index (χ3v) is 5.75. The predicted molar refractivity (Wildman–Crippen MR) is 96.4 cm³/mol. The van der Waals surface area contributed by atoms with Crippen molar-refractivity contribution in [2.75, 3.05) is 4.31 Å². The Labute approximate surface area is 144 Å². The van der Waals surface area contributed by atoms with Crippen molar-refractivity contribution >= 4 is 26.6 Å². The van der Waals surface area contributed by atoms with E-state index in [-0.39, 0.29) is 21.8 Å². The van der Waals surface area contributed by atoms with Crippen LogP contribution in [0.2, 0.25) is 0 Å². The lowest BCUT2D eigenvalue weighted by atomic mass is 10.2. The molecule has 0 spiro atoms. The second-order valence-electron chi connectivity index (χ2n) is 5.85. The van der Waals surface area contributed by atoms with Crippen LogP contribution in [0.4, 0.5) is 5.69 Å². The third kappa shape index (κ3) is 3.08. The minimum Gasteiger partial charge on any atom is -0.307 e. The monoisotopic (exact) mass is 359 g/mol. The van der Waals surface area contributed by atoms with Gasteiger partial charge < -0.3 is 4.98 Å². The van der Waals surface area contributed by atoms with E-state index in [0.717, 1.165) is 0 Å². The first-order valence-corrected chi connectivity index (χ1v) is 9.10. The van der Waals surface area contributed by atoms with Gasteiger partial charge in [0, 0.05) is 6.04 Å². The maximum atomic E-state index is 13.1. The zero-order valence-corrected chi connectivity index (χ0v) is 14.5. The second kappa shape index (κ2) is 6.21. The van der Waals surface area contributed by atoms with Gasteiger partial charge in [0.05, 0.1) is 21.5 Å². The van der Waals surface area contributed by atoms with Crippen LogP contribution in [0.25, 0.3) is 10.9 Å². The normalized spacial score (nSPS) is 11.8. The van der Waals surface area contributed by atoms with E-state index in [9.17, 15) is 18.0 Å². The molecule has 1 heterocycles. The van der Waals surface area contributed by atoms with E-state index in [2.05, 4.69) is 9.97 Å². The molecule has 0 radical (unpaired) electrons. The molecule has 0 aliphatic heterocycles. The third-order valence-electron chi connectivity index (χ3n) is 3.75. The summed E-state index contributed by atoms with van der Waals surface area (Å²) in [5.74, 6) is 0. The number of fused-ring (bicyclic) bond motifs is 1. The fourth-order valence-corrected chi connectivity index (χ4v) is 4.40. The van der Waals surface area contributed by atoms with Crippen LogP contribution in [-0.2, 0) is 10.0 Å². The Balaban J connectivity index is 2.21. The van der Waals surface area contributed by atoms with Gasteiger partial charge in [0.15, 0.2) is 0 Å². The van der Waals surface area contributed by atoms with Crippen molar-refractivity contribution in [3.63, 3.8) is 0 Å². The first-order chi connectivity index (χ1) is 11.8. The Morgan fingerprint density at radius 1 is 0.960 bits per heavy atom. The van der Waals surface area contributed by atoms with Crippen LogP contribution in [0.1, 0.15) is 13.8 Å². The smallest absolute Gasteiger partial charge is 0.307 e. The molecule has 3 aromatic rings. The molecular weight excluding hydrogens is 342 g/mol. The zero-order valence-electron chi connectivity index (χ0n) is 13.7. The number of nitrogens with one attached hydrogen (secondary N) is 2. The summed E-state index contributed by atoms with van der Waals surface area (Å²) in [5.41, 5.74) is -0.454. The summed E-state index contributed by atoms with van der Waals surface area (Å²) in [6.45, 7) is 3.55. The number of hydrogen-bond donors (Lipinski definition) is 2. The van der Waals surface area contributed by atoms with Gasteiger partial charge in [0.2, 0.25) is 0 Å². The van der Waals surface area contributed by atoms with Crippen LogP contribution < -0.4 is 15.6 Å². The lowest BCUT2D eigenvalue weighted by molar-refractivity contribution is 0.584. The summed E-state index contributed by atoms with van der Waals surface area (Å²) in [4.78, 5) is 27.9. The lowest BCUT2D eigenvalue weighted by Gasteiger charge is -2.28. The van der Waals surface area contributed by atoms with Crippen LogP contribution in [0.5, 0.6) is 0 Å².